The molecule has 1 aliphatic heterocycles. The number of carbonyl (C=O) groups excluding carboxylic acids is 1. The van der Waals surface area contributed by atoms with Gasteiger partial charge in [-0.15, -0.1) is 0 Å². The third-order valence-corrected chi connectivity index (χ3v) is 8.12. The van der Waals surface area contributed by atoms with Gasteiger partial charge < -0.3 is 19.8 Å². The quantitative estimate of drug-likeness (QED) is 0.465. The van der Waals surface area contributed by atoms with Gasteiger partial charge in [0.05, 0.1) is 5.39 Å². The van der Waals surface area contributed by atoms with Crippen LogP contribution in [0.2, 0.25) is 0 Å². The van der Waals surface area contributed by atoms with Crippen LogP contribution in [0.15, 0.2) is 41.7 Å². The van der Waals surface area contributed by atoms with Crippen molar-refractivity contribution in [3.05, 3.63) is 64.6 Å². The SMILES string of the molecule is C=CC(=O)N1CCN(c2nc(C3CC(N(CC)CC)C3)nc3c(=O)n(-c4c(O)cccc4F)c(C)cc23)CC1. The lowest BCUT2D eigenvalue weighted by molar-refractivity contribution is -0.126. The first-order chi connectivity index (χ1) is 18.8. The van der Waals surface area contributed by atoms with Gasteiger partial charge in [0.25, 0.3) is 5.56 Å². The number of para-hydroxylation sites is 1. The van der Waals surface area contributed by atoms with Gasteiger partial charge in [0.1, 0.15) is 28.6 Å². The predicted octanol–water partition coefficient (Wildman–Crippen LogP) is 3.36. The number of benzene rings is 1. The molecule has 3 aromatic rings. The highest BCUT2D eigenvalue weighted by atomic mass is 19.1. The maximum Gasteiger partial charge on any atom is 0.282 e. The summed E-state index contributed by atoms with van der Waals surface area (Å²) in [6, 6.07) is 6.20. The van der Waals surface area contributed by atoms with Gasteiger partial charge in [0, 0.05) is 43.8 Å². The number of hydrogen-bond donors (Lipinski definition) is 1. The molecule has 1 amide bonds. The van der Waals surface area contributed by atoms with Gasteiger partial charge in [-0.1, -0.05) is 26.5 Å². The normalized spacial score (nSPS) is 19.4. The molecule has 1 N–H and O–H groups in total. The monoisotopic (exact) mass is 534 g/mol. The van der Waals surface area contributed by atoms with Crippen LogP contribution in [0.4, 0.5) is 10.2 Å². The van der Waals surface area contributed by atoms with E-state index in [0.29, 0.717) is 54.9 Å². The van der Waals surface area contributed by atoms with Gasteiger partial charge in [-0.25, -0.2) is 14.4 Å². The van der Waals surface area contributed by atoms with Crippen molar-refractivity contribution < 1.29 is 14.3 Å². The summed E-state index contributed by atoms with van der Waals surface area (Å²) in [6.07, 6.45) is 3.13. The van der Waals surface area contributed by atoms with Gasteiger partial charge in [0.15, 0.2) is 5.82 Å². The molecular weight excluding hydrogens is 499 g/mol. The number of aromatic nitrogens is 3. The maximum absolute atomic E-state index is 14.8. The highest BCUT2D eigenvalue weighted by Crippen LogP contribution is 2.40. The maximum atomic E-state index is 14.8. The Hall–Kier alpha value is -3.79. The summed E-state index contributed by atoms with van der Waals surface area (Å²) in [5.41, 5.74) is -0.0452. The molecule has 0 bridgehead atoms. The van der Waals surface area contributed by atoms with Crippen molar-refractivity contribution in [2.24, 2.45) is 0 Å². The van der Waals surface area contributed by atoms with Crippen LogP contribution in [0.5, 0.6) is 5.75 Å². The average molecular weight is 535 g/mol. The molecule has 3 heterocycles. The van der Waals surface area contributed by atoms with Crippen molar-refractivity contribution in [2.45, 2.75) is 45.6 Å². The van der Waals surface area contributed by atoms with Crippen molar-refractivity contribution in [1.82, 2.24) is 24.3 Å². The van der Waals surface area contributed by atoms with Crippen LogP contribution in [0.3, 0.4) is 0 Å². The highest BCUT2D eigenvalue weighted by Gasteiger charge is 2.36. The minimum Gasteiger partial charge on any atom is -0.506 e. The molecule has 206 valence electrons. The molecule has 5 rings (SSSR count). The summed E-state index contributed by atoms with van der Waals surface area (Å²) in [5.74, 6) is 0.241. The Labute approximate surface area is 227 Å². The first-order valence-electron chi connectivity index (χ1n) is 13.6. The first kappa shape index (κ1) is 26.8. The molecule has 0 atom stereocenters. The second-order valence-corrected chi connectivity index (χ2v) is 10.3. The van der Waals surface area contributed by atoms with Crippen LogP contribution in [0.25, 0.3) is 16.6 Å². The second kappa shape index (κ2) is 10.8. The van der Waals surface area contributed by atoms with E-state index in [1.54, 1.807) is 17.9 Å². The molecule has 0 spiro atoms. The Morgan fingerprint density at radius 3 is 2.49 bits per heavy atom. The number of fused-ring (bicyclic) bond motifs is 1. The molecule has 2 aromatic heterocycles. The number of nitrogens with zero attached hydrogens (tertiary/aromatic N) is 6. The van der Waals surface area contributed by atoms with Crippen LogP contribution in [0.1, 0.15) is 44.1 Å². The van der Waals surface area contributed by atoms with Crippen LogP contribution < -0.4 is 10.5 Å². The highest BCUT2D eigenvalue weighted by molar-refractivity contribution is 5.90. The number of amides is 1. The molecule has 1 aliphatic carbocycles. The zero-order valence-corrected chi connectivity index (χ0v) is 22.7. The van der Waals surface area contributed by atoms with Crippen molar-refractivity contribution in [3.63, 3.8) is 0 Å². The second-order valence-electron chi connectivity index (χ2n) is 10.3. The fourth-order valence-corrected chi connectivity index (χ4v) is 5.84. The number of rotatable bonds is 7. The molecule has 1 saturated carbocycles. The Balaban J connectivity index is 1.62. The smallest absolute Gasteiger partial charge is 0.282 e. The summed E-state index contributed by atoms with van der Waals surface area (Å²) < 4.78 is 16.0. The number of aromatic hydroxyl groups is 1. The predicted molar refractivity (Wildman–Crippen MR) is 149 cm³/mol. The molecular formula is C29H35FN6O3. The minimum absolute atomic E-state index is 0.108. The number of hydrogen-bond acceptors (Lipinski definition) is 7. The minimum atomic E-state index is -0.696. The van der Waals surface area contributed by atoms with Crippen LogP contribution >= 0.6 is 0 Å². The van der Waals surface area contributed by atoms with E-state index in [0.717, 1.165) is 25.9 Å². The van der Waals surface area contributed by atoms with Gasteiger partial charge >= 0.3 is 0 Å². The van der Waals surface area contributed by atoms with E-state index in [1.807, 2.05) is 0 Å². The largest absolute Gasteiger partial charge is 0.506 e. The summed E-state index contributed by atoms with van der Waals surface area (Å²) in [4.78, 5) is 42.1. The average Bonchev–Trinajstić information content (AvgIpc) is 2.91. The topological polar surface area (TPSA) is 94.8 Å². The van der Waals surface area contributed by atoms with E-state index >= 15 is 0 Å². The summed E-state index contributed by atoms with van der Waals surface area (Å²) in [6.45, 7) is 13.7. The fraction of sp³-hybridized carbons (Fsp3) is 0.448. The van der Waals surface area contributed by atoms with E-state index in [9.17, 15) is 19.1 Å². The number of pyridine rings is 1. The van der Waals surface area contributed by atoms with Crippen molar-refractivity contribution in [1.29, 1.82) is 0 Å². The van der Waals surface area contributed by atoms with Gasteiger partial charge in [-0.2, -0.15) is 0 Å². The van der Waals surface area contributed by atoms with Crippen LogP contribution in [-0.4, -0.2) is 80.7 Å². The number of phenols is 1. The van der Waals surface area contributed by atoms with Gasteiger partial charge in [-0.05, 0) is 57.1 Å². The Bertz CT molecular complexity index is 1450. The number of carbonyl (C=O) groups is 1. The lowest BCUT2D eigenvalue weighted by atomic mass is 9.78. The molecule has 2 fully saturated rings. The first-order valence-corrected chi connectivity index (χ1v) is 13.6. The van der Waals surface area contributed by atoms with Crippen molar-refractivity contribution in [3.8, 4) is 11.4 Å². The van der Waals surface area contributed by atoms with E-state index in [2.05, 4.69) is 30.2 Å². The number of phenolic OH excluding ortho intramolecular Hbond substituents is 1. The Kier molecular flexibility index (Phi) is 7.40. The zero-order valence-electron chi connectivity index (χ0n) is 22.7. The molecule has 0 unspecified atom stereocenters. The van der Waals surface area contributed by atoms with Crippen molar-refractivity contribution in [2.75, 3.05) is 44.2 Å². The third-order valence-electron chi connectivity index (χ3n) is 8.12. The molecule has 1 aromatic carbocycles. The molecule has 2 aliphatic rings. The van der Waals surface area contributed by atoms with Crippen molar-refractivity contribution >= 4 is 22.6 Å². The van der Waals surface area contributed by atoms with Gasteiger partial charge in [0.2, 0.25) is 5.91 Å². The lowest BCUT2D eigenvalue weighted by Gasteiger charge is -2.42. The lowest BCUT2D eigenvalue weighted by Crippen LogP contribution is -2.49. The summed E-state index contributed by atoms with van der Waals surface area (Å²) >= 11 is 0. The number of piperazine rings is 1. The van der Waals surface area contributed by atoms with Crippen LogP contribution in [-0.2, 0) is 4.79 Å². The van der Waals surface area contributed by atoms with Crippen LogP contribution in [0, 0.1) is 12.7 Å². The number of halogens is 1. The zero-order chi connectivity index (χ0) is 27.8. The fourth-order valence-electron chi connectivity index (χ4n) is 5.84. The molecule has 0 radical (unpaired) electrons. The summed E-state index contributed by atoms with van der Waals surface area (Å²) in [5, 5.41) is 11.0. The third kappa shape index (κ3) is 4.78. The summed E-state index contributed by atoms with van der Waals surface area (Å²) in [7, 11) is 0. The Morgan fingerprint density at radius 2 is 1.87 bits per heavy atom. The molecule has 39 heavy (non-hydrogen) atoms. The van der Waals surface area contributed by atoms with E-state index in [4.69, 9.17) is 9.97 Å². The van der Waals surface area contributed by atoms with E-state index in [1.165, 1.54) is 28.8 Å². The van der Waals surface area contributed by atoms with Gasteiger partial charge in [-0.3, -0.25) is 14.2 Å². The number of aryl methyl sites for hydroxylation is 1. The van der Waals surface area contributed by atoms with E-state index < -0.39 is 11.4 Å². The number of anilines is 1. The Morgan fingerprint density at radius 1 is 1.18 bits per heavy atom. The van der Waals surface area contributed by atoms with E-state index in [-0.39, 0.29) is 28.8 Å². The molecule has 1 saturated heterocycles. The standard InChI is InChI=1S/C29H35FN6O3/c1-5-24(38)34-11-13-35(14-12-34)28-21-15-18(4)36(26-22(30)9-8-10-23(26)37)29(39)25(21)31-27(32-28)19-16-20(17-19)33(6-2)7-3/h5,8-10,15,19-20,37H,1,6-7,11-14,16-17H2,2-4H3. The molecule has 10 heteroatoms. The molecule has 9 nitrogen and oxygen atoms in total.